The van der Waals surface area contributed by atoms with Crippen molar-refractivity contribution in [1.29, 1.82) is 0 Å². The molecule has 0 bridgehead atoms. The minimum absolute atomic E-state index is 0.393. The number of aryl methyl sites for hydroxylation is 2. The van der Waals surface area contributed by atoms with E-state index < -0.39 is 0 Å². The molecular formula is C14H14ClNO. The highest BCUT2D eigenvalue weighted by Gasteiger charge is 2.02. The molecule has 88 valence electrons. The first-order valence-corrected chi connectivity index (χ1v) is 5.98. The third kappa shape index (κ3) is 2.98. The summed E-state index contributed by atoms with van der Waals surface area (Å²) in [5.74, 6) is 2.02. The molecule has 1 heterocycles. The second-order valence-corrected chi connectivity index (χ2v) is 4.25. The van der Waals surface area contributed by atoms with Gasteiger partial charge in [-0.3, -0.25) is 4.98 Å². The quantitative estimate of drug-likeness (QED) is 0.758. The molecule has 0 aliphatic rings. The smallest absolute Gasteiger partial charge is 0.130 e. The number of aromatic nitrogens is 1. The number of pyridine rings is 1. The van der Waals surface area contributed by atoms with Crippen molar-refractivity contribution in [3.63, 3.8) is 0 Å². The van der Waals surface area contributed by atoms with Crippen LogP contribution in [0.5, 0.6) is 11.5 Å². The number of ether oxygens (including phenoxy) is 1. The predicted molar refractivity (Wildman–Crippen MR) is 69.8 cm³/mol. The maximum atomic E-state index is 5.81. The highest BCUT2D eigenvalue weighted by atomic mass is 35.5. The maximum absolute atomic E-state index is 5.81. The maximum Gasteiger partial charge on any atom is 0.130 e. The molecule has 2 rings (SSSR count). The van der Waals surface area contributed by atoms with Crippen LogP contribution in [-0.2, 0) is 5.88 Å². The number of halogens is 1. The van der Waals surface area contributed by atoms with E-state index in [0.717, 1.165) is 22.8 Å². The van der Waals surface area contributed by atoms with Crippen LogP contribution in [0.2, 0.25) is 0 Å². The lowest BCUT2D eigenvalue weighted by Crippen LogP contribution is -1.91. The third-order valence-corrected chi connectivity index (χ3v) is 2.76. The first-order valence-electron chi connectivity index (χ1n) is 5.45. The van der Waals surface area contributed by atoms with Crippen LogP contribution in [0.1, 0.15) is 16.8 Å². The fourth-order valence-electron chi connectivity index (χ4n) is 1.63. The van der Waals surface area contributed by atoms with Crippen molar-refractivity contribution < 1.29 is 4.74 Å². The van der Waals surface area contributed by atoms with Gasteiger partial charge in [0.2, 0.25) is 0 Å². The summed E-state index contributed by atoms with van der Waals surface area (Å²) in [6, 6.07) is 9.79. The summed E-state index contributed by atoms with van der Waals surface area (Å²) >= 11 is 5.74. The highest BCUT2D eigenvalue weighted by Crippen LogP contribution is 2.25. The first kappa shape index (κ1) is 11.9. The van der Waals surface area contributed by atoms with Crippen molar-refractivity contribution >= 4 is 11.6 Å². The summed E-state index contributed by atoms with van der Waals surface area (Å²) in [4.78, 5) is 4.12. The Kier molecular flexibility index (Phi) is 3.64. The van der Waals surface area contributed by atoms with Crippen LogP contribution in [0, 0.1) is 13.8 Å². The minimum Gasteiger partial charge on any atom is -0.457 e. The Hall–Kier alpha value is -1.54. The molecule has 0 fully saturated rings. The summed E-state index contributed by atoms with van der Waals surface area (Å²) < 4.78 is 5.81. The van der Waals surface area contributed by atoms with Crippen LogP contribution in [0.15, 0.2) is 36.5 Å². The first-order chi connectivity index (χ1) is 8.19. The van der Waals surface area contributed by atoms with E-state index in [0.29, 0.717) is 5.88 Å². The van der Waals surface area contributed by atoms with E-state index in [1.165, 1.54) is 5.56 Å². The molecule has 0 unspecified atom stereocenters. The molecule has 17 heavy (non-hydrogen) atoms. The van der Waals surface area contributed by atoms with Gasteiger partial charge in [-0.25, -0.2) is 0 Å². The number of alkyl halides is 1. The zero-order chi connectivity index (χ0) is 12.3. The van der Waals surface area contributed by atoms with Gasteiger partial charge in [-0.05, 0) is 31.5 Å². The monoisotopic (exact) mass is 247 g/mol. The van der Waals surface area contributed by atoms with E-state index in [-0.39, 0.29) is 0 Å². The van der Waals surface area contributed by atoms with Gasteiger partial charge in [0.1, 0.15) is 11.5 Å². The highest BCUT2D eigenvalue weighted by molar-refractivity contribution is 6.16. The zero-order valence-electron chi connectivity index (χ0n) is 9.90. The normalized spacial score (nSPS) is 10.3. The number of benzene rings is 1. The number of rotatable bonds is 3. The summed E-state index contributed by atoms with van der Waals surface area (Å²) in [6.45, 7) is 4.10. The molecule has 0 radical (unpaired) electrons. The van der Waals surface area contributed by atoms with Crippen LogP contribution < -0.4 is 4.74 Å². The lowest BCUT2D eigenvalue weighted by Gasteiger charge is -2.09. The molecule has 2 aromatic rings. The Morgan fingerprint density at radius 3 is 2.71 bits per heavy atom. The minimum atomic E-state index is 0.393. The van der Waals surface area contributed by atoms with Crippen LogP contribution in [0.4, 0.5) is 0 Å². The summed E-state index contributed by atoms with van der Waals surface area (Å²) in [5.41, 5.74) is 3.16. The number of nitrogens with zero attached hydrogens (tertiary/aromatic N) is 1. The van der Waals surface area contributed by atoms with E-state index in [1.54, 1.807) is 6.20 Å². The van der Waals surface area contributed by atoms with Crippen molar-refractivity contribution in [3.05, 3.63) is 53.3 Å². The van der Waals surface area contributed by atoms with Gasteiger partial charge in [0.25, 0.3) is 0 Å². The predicted octanol–water partition coefficient (Wildman–Crippen LogP) is 4.23. The van der Waals surface area contributed by atoms with Gasteiger partial charge in [-0.15, -0.1) is 11.6 Å². The molecule has 0 amide bonds. The summed E-state index contributed by atoms with van der Waals surface area (Å²) in [7, 11) is 0. The van der Waals surface area contributed by atoms with Gasteiger partial charge in [0, 0.05) is 12.3 Å². The standard InChI is InChI=1S/C14H14ClNO/c1-10-3-4-14(11(2)7-10)17-13-5-6-16-12(8-13)9-15/h3-8H,9H2,1-2H3. The van der Waals surface area contributed by atoms with Crippen molar-refractivity contribution in [2.75, 3.05) is 0 Å². The molecule has 0 aliphatic carbocycles. The van der Waals surface area contributed by atoms with Gasteiger partial charge in [0.05, 0.1) is 11.6 Å². The van der Waals surface area contributed by atoms with Crippen LogP contribution in [-0.4, -0.2) is 4.98 Å². The summed E-state index contributed by atoms with van der Waals surface area (Å²) in [5, 5.41) is 0. The molecule has 0 spiro atoms. The largest absolute Gasteiger partial charge is 0.457 e. The molecule has 0 aliphatic heterocycles. The lowest BCUT2D eigenvalue weighted by atomic mass is 10.1. The van der Waals surface area contributed by atoms with Crippen LogP contribution in [0.3, 0.4) is 0 Å². The fourth-order valence-corrected chi connectivity index (χ4v) is 1.78. The second kappa shape index (κ2) is 5.19. The topological polar surface area (TPSA) is 22.1 Å². The van der Waals surface area contributed by atoms with Crippen molar-refractivity contribution in [2.24, 2.45) is 0 Å². The average Bonchev–Trinajstić information content (AvgIpc) is 2.33. The second-order valence-electron chi connectivity index (χ2n) is 3.99. The molecule has 0 saturated heterocycles. The Labute approximate surface area is 106 Å². The molecule has 0 N–H and O–H groups in total. The summed E-state index contributed by atoms with van der Waals surface area (Å²) in [6.07, 6.45) is 1.70. The molecule has 2 nitrogen and oxygen atoms in total. The lowest BCUT2D eigenvalue weighted by molar-refractivity contribution is 0.477. The molecule has 1 aromatic heterocycles. The Morgan fingerprint density at radius 2 is 2.00 bits per heavy atom. The Balaban J connectivity index is 2.25. The van der Waals surface area contributed by atoms with Gasteiger partial charge in [-0.2, -0.15) is 0 Å². The van der Waals surface area contributed by atoms with Crippen molar-refractivity contribution in [3.8, 4) is 11.5 Å². The molecule has 1 aromatic carbocycles. The third-order valence-electron chi connectivity index (χ3n) is 2.48. The van der Waals surface area contributed by atoms with Crippen molar-refractivity contribution in [1.82, 2.24) is 4.98 Å². The SMILES string of the molecule is Cc1ccc(Oc2ccnc(CCl)c2)c(C)c1. The van der Waals surface area contributed by atoms with Gasteiger partial charge in [-0.1, -0.05) is 17.7 Å². The van der Waals surface area contributed by atoms with E-state index in [9.17, 15) is 0 Å². The van der Waals surface area contributed by atoms with Crippen molar-refractivity contribution in [2.45, 2.75) is 19.7 Å². The van der Waals surface area contributed by atoms with E-state index in [4.69, 9.17) is 16.3 Å². The van der Waals surface area contributed by atoms with E-state index in [1.807, 2.05) is 31.2 Å². The Bertz CT molecular complexity index is 525. The van der Waals surface area contributed by atoms with Crippen LogP contribution in [0.25, 0.3) is 0 Å². The average molecular weight is 248 g/mol. The Morgan fingerprint density at radius 1 is 1.18 bits per heavy atom. The van der Waals surface area contributed by atoms with Crippen LogP contribution >= 0.6 is 11.6 Å². The van der Waals surface area contributed by atoms with Gasteiger partial charge in [0.15, 0.2) is 0 Å². The molecule has 0 atom stereocenters. The van der Waals surface area contributed by atoms with Gasteiger partial charge < -0.3 is 4.74 Å². The molecule has 3 heteroatoms. The van der Waals surface area contributed by atoms with E-state index in [2.05, 4.69) is 18.0 Å². The fraction of sp³-hybridized carbons (Fsp3) is 0.214. The molecule has 0 saturated carbocycles. The number of hydrogen-bond donors (Lipinski definition) is 0. The van der Waals surface area contributed by atoms with Gasteiger partial charge >= 0.3 is 0 Å². The number of hydrogen-bond acceptors (Lipinski definition) is 2. The van der Waals surface area contributed by atoms with E-state index >= 15 is 0 Å². The zero-order valence-corrected chi connectivity index (χ0v) is 10.7. The molecular weight excluding hydrogens is 234 g/mol.